The molecule has 1 saturated heterocycles. The maximum atomic E-state index is 13.8. The van der Waals surface area contributed by atoms with Gasteiger partial charge in [-0.3, -0.25) is 4.79 Å². The lowest BCUT2D eigenvalue weighted by atomic mass is 9.97. The van der Waals surface area contributed by atoms with E-state index in [1.807, 2.05) is 6.20 Å². The highest BCUT2D eigenvalue weighted by atomic mass is 32.1. The third kappa shape index (κ3) is 3.76. The molecule has 1 amide bonds. The molecule has 122 valence electrons. The van der Waals surface area contributed by atoms with E-state index >= 15 is 0 Å². The second kappa shape index (κ2) is 7.19. The van der Waals surface area contributed by atoms with Crippen LogP contribution in [0.2, 0.25) is 0 Å². The Morgan fingerprint density at radius 3 is 2.87 bits per heavy atom. The van der Waals surface area contributed by atoms with Crippen LogP contribution < -0.4 is 10.6 Å². The smallest absolute Gasteiger partial charge is 0.233 e. The molecule has 1 fully saturated rings. The number of piperidine rings is 1. The lowest BCUT2D eigenvalue weighted by molar-refractivity contribution is -0.117. The molecule has 23 heavy (non-hydrogen) atoms. The van der Waals surface area contributed by atoms with Crippen molar-refractivity contribution >= 4 is 22.4 Å². The van der Waals surface area contributed by atoms with Gasteiger partial charge in [-0.15, -0.1) is 11.3 Å². The molecule has 1 atom stereocenters. The topological polar surface area (TPSA) is 54.0 Å². The van der Waals surface area contributed by atoms with Gasteiger partial charge in [0.2, 0.25) is 5.91 Å². The van der Waals surface area contributed by atoms with E-state index in [0.29, 0.717) is 16.6 Å². The predicted molar refractivity (Wildman–Crippen MR) is 90.4 cm³/mol. The summed E-state index contributed by atoms with van der Waals surface area (Å²) in [5.41, 5.74) is 0.403. The number of anilines is 1. The van der Waals surface area contributed by atoms with E-state index in [4.69, 9.17) is 0 Å². The second-order valence-electron chi connectivity index (χ2n) is 5.82. The maximum Gasteiger partial charge on any atom is 0.233 e. The number of nitrogens with one attached hydrogen (secondary N) is 2. The second-order valence-corrected chi connectivity index (χ2v) is 6.89. The fourth-order valence-corrected chi connectivity index (χ4v) is 3.81. The van der Waals surface area contributed by atoms with Gasteiger partial charge in [0.25, 0.3) is 0 Å². The molecule has 0 aliphatic carbocycles. The first kappa shape index (κ1) is 16.1. The lowest BCUT2D eigenvalue weighted by Gasteiger charge is -2.20. The number of rotatable bonds is 4. The Bertz CT molecular complexity index is 682. The Labute approximate surface area is 139 Å². The van der Waals surface area contributed by atoms with Crippen molar-refractivity contribution in [2.75, 3.05) is 18.4 Å². The monoisotopic (exact) mass is 333 g/mol. The molecular formula is C17H20FN3OS. The van der Waals surface area contributed by atoms with Crippen LogP contribution in [-0.2, 0) is 4.79 Å². The lowest BCUT2D eigenvalue weighted by Crippen LogP contribution is -2.26. The quantitative estimate of drug-likeness (QED) is 0.900. The molecule has 6 heteroatoms. The summed E-state index contributed by atoms with van der Waals surface area (Å²) in [7, 11) is 0. The van der Waals surface area contributed by atoms with Gasteiger partial charge in [-0.05, 0) is 50.4 Å². The molecule has 2 N–H and O–H groups in total. The van der Waals surface area contributed by atoms with Crippen LogP contribution in [0.1, 0.15) is 42.0 Å². The summed E-state index contributed by atoms with van der Waals surface area (Å²) in [6.07, 6.45) is 4.05. The number of benzene rings is 1. The first-order chi connectivity index (χ1) is 11.1. The van der Waals surface area contributed by atoms with Crippen molar-refractivity contribution in [1.29, 1.82) is 0 Å². The Balaban J connectivity index is 1.66. The summed E-state index contributed by atoms with van der Waals surface area (Å²) in [6.45, 7) is 3.75. The molecule has 2 aromatic rings. The Hall–Kier alpha value is -1.79. The van der Waals surface area contributed by atoms with E-state index in [9.17, 15) is 9.18 Å². The van der Waals surface area contributed by atoms with Crippen molar-refractivity contribution in [2.24, 2.45) is 0 Å². The van der Waals surface area contributed by atoms with Crippen molar-refractivity contribution in [3.8, 4) is 0 Å². The van der Waals surface area contributed by atoms with Gasteiger partial charge in [0, 0.05) is 11.1 Å². The summed E-state index contributed by atoms with van der Waals surface area (Å²) in [4.78, 5) is 17.8. The minimum absolute atomic E-state index is 0.235. The van der Waals surface area contributed by atoms with Crippen LogP contribution >= 0.6 is 11.3 Å². The van der Waals surface area contributed by atoms with Gasteiger partial charge in [-0.1, -0.05) is 18.2 Å². The number of hydrogen-bond acceptors (Lipinski definition) is 4. The largest absolute Gasteiger partial charge is 0.317 e. The minimum Gasteiger partial charge on any atom is -0.317 e. The molecule has 1 aromatic heterocycles. The number of hydrogen-bond donors (Lipinski definition) is 2. The van der Waals surface area contributed by atoms with Crippen molar-refractivity contribution in [2.45, 2.75) is 31.6 Å². The number of nitrogens with zero attached hydrogens (tertiary/aromatic N) is 1. The average molecular weight is 333 g/mol. The molecule has 0 saturated carbocycles. The Morgan fingerprint density at radius 1 is 1.39 bits per heavy atom. The Kier molecular flexibility index (Phi) is 5.03. The zero-order valence-corrected chi connectivity index (χ0v) is 13.8. The zero-order chi connectivity index (χ0) is 16.2. The van der Waals surface area contributed by atoms with Crippen molar-refractivity contribution in [3.63, 3.8) is 0 Å². The normalized spacial score (nSPS) is 17.0. The van der Waals surface area contributed by atoms with Gasteiger partial charge in [0.05, 0.1) is 5.92 Å². The van der Waals surface area contributed by atoms with Crippen LogP contribution in [0.15, 0.2) is 30.5 Å². The third-order valence-corrected chi connectivity index (χ3v) is 5.34. The molecule has 1 aliphatic rings. The number of aromatic nitrogens is 1. The van der Waals surface area contributed by atoms with Crippen LogP contribution in [0.3, 0.4) is 0 Å². The zero-order valence-electron chi connectivity index (χ0n) is 13.0. The number of thiazole rings is 1. The summed E-state index contributed by atoms with van der Waals surface area (Å²) >= 11 is 1.52. The fourth-order valence-electron chi connectivity index (χ4n) is 2.82. The molecule has 1 unspecified atom stereocenters. The van der Waals surface area contributed by atoms with Crippen molar-refractivity contribution in [1.82, 2.24) is 10.3 Å². The number of carbonyl (C=O) groups excluding carboxylic acids is 1. The van der Waals surface area contributed by atoms with Gasteiger partial charge in [0.15, 0.2) is 5.13 Å². The highest BCUT2D eigenvalue weighted by Crippen LogP contribution is 2.32. The highest BCUT2D eigenvalue weighted by Gasteiger charge is 2.21. The minimum atomic E-state index is -0.553. The van der Waals surface area contributed by atoms with Gasteiger partial charge < -0.3 is 10.6 Å². The van der Waals surface area contributed by atoms with E-state index in [1.54, 1.807) is 25.1 Å². The molecule has 3 rings (SSSR count). The molecule has 0 radical (unpaired) electrons. The van der Waals surface area contributed by atoms with E-state index in [0.717, 1.165) is 25.9 Å². The molecule has 2 heterocycles. The van der Waals surface area contributed by atoms with Crippen molar-refractivity contribution in [3.05, 3.63) is 46.7 Å². The van der Waals surface area contributed by atoms with Gasteiger partial charge in [-0.25, -0.2) is 9.37 Å². The number of amides is 1. The maximum absolute atomic E-state index is 13.8. The summed E-state index contributed by atoms with van der Waals surface area (Å²) in [6, 6.07) is 6.37. The molecule has 0 bridgehead atoms. The third-order valence-electron chi connectivity index (χ3n) is 4.26. The molecule has 1 aliphatic heterocycles. The summed E-state index contributed by atoms with van der Waals surface area (Å²) in [5, 5.41) is 6.74. The van der Waals surface area contributed by atoms with E-state index in [1.165, 1.54) is 22.3 Å². The number of carbonyl (C=O) groups is 1. The predicted octanol–water partition coefficient (Wildman–Crippen LogP) is 3.49. The van der Waals surface area contributed by atoms with Crippen LogP contribution in [0.4, 0.5) is 9.52 Å². The standard InChI is InChI=1S/C17H20FN3OS/c1-11(13-4-2-3-5-14(13)18)16(22)21-17-20-10-15(23-17)12-6-8-19-9-7-12/h2-5,10-12,19H,6-9H2,1H3,(H,20,21,22). The van der Waals surface area contributed by atoms with E-state index in [-0.39, 0.29) is 11.7 Å². The molecule has 0 spiro atoms. The molecule has 1 aromatic carbocycles. The van der Waals surface area contributed by atoms with Gasteiger partial charge in [-0.2, -0.15) is 0 Å². The first-order valence-electron chi connectivity index (χ1n) is 7.87. The van der Waals surface area contributed by atoms with Gasteiger partial charge >= 0.3 is 0 Å². The van der Waals surface area contributed by atoms with Crippen LogP contribution in [-0.4, -0.2) is 24.0 Å². The van der Waals surface area contributed by atoms with Crippen LogP contribution in [0, 0.1) is 5.82 Å². The van der Waals surface area contributed by atoms with Crippen molar-refractivity contribution < 1.29 is 9.18 Å². The fraction of sp³-hybridized carbons (Fsp3) is 0.412. The van der Waals surface area contributed by atoms with Crippen LogP contribution in [0.25, 0.3) is 0 Å². The molecular weight excluding hydrogens is 313 g/mol. The summed E-state index contributed by atoms with van der Waals surface area (Å²) in [5.74, 6) is -0.628. The average Bonchev–Trinajstić information content (AvgIpc) is 3.04. The number of halogens is 1. The highest BCUT2D eigenvalue weighted by molar-refractivity contribution is 7.15. The first-order valence-corrected chi connectivity index (χ1v) is 8.68. The summed E-state index contributed by atoms with van der Waals surface area (Å²) < 4.78 is 13.8. The Morgan fingerprint density at radius 2 is 2.13 bits per heavy atom. The SMILES string of the molecule is CC(C(=O)Nc1ncc(C2CCNCC2)s1)c1ccccc1F. The van der Waals surface area contributed by atoms with E-state index in [2.05, 4.69) is 15.6 Å². The molecule has 4 nitrogen and oxygen atoms in total. The van der Waals surface area contributed by atoms with E-state index < -0.39 is 5.92 Å². The van der Waals surface area contributed by atoms with Gasteiger partial charge in [0.1, 0.15) is 5.82 Å². The van der Waals surface area contributed by atoms with Crippen LogP contribution in [0.5, 0.6) is 0 Å².